The average Bonchev–Trinajstić information content (AvgIpc) is 2.72. The van der Waals surface area contributed by atoms with Crippen LogP contribution in [0.25, 0.3) is 5.57 Å². The monoisotopic (exact) mass is 393 g/mol. The topological polar surface area (TPSA) is 41.7 Å². The first-order valence-corrected chi connectivity index (χ1v) is 10.6. The van der Waals surface area contributed by atoms with Crippen LogP contribution in [0.5, 0.6) is 5.75 Å². The summed E-state index contributed by atoms with van der Waals surface area (Å²) in [5.41, 5.74) is 12.4. The van der Waals surface area contributed by atoms with E-state index in [2.05, 4.69) is 80.3 Å². The van der Waals surface area contributed by atoms with Crippen LogP contribution in [-0.2, 0) is 6.42 Å². The minimum atomic E-state index is 0.256. The second kappa shape index (κ2) is 9.95. The SMILES string of the molecule is CCc1ccc(N)c(C2=CC(c3ccc(OCCCN(C)C)cc3)N(C)CC2)c1. The van der Waals surface area contributed by atoms with E-state index >= 15 is 0 Å². The Balaban J connectivity index is 1.74. The van der Waals surface area contributed by atoms with Gasteiger partial charge in [0.05, 0.1) is 12.6 Å². The standard InChI is InChI=1S/C25H35N3O/c1-5-19-7-12-24(26)23(17-19)21-13-15-28(4)25(18-21)20-8-10-22(11-9-20)29-16-6-14-27(2)3/h7-12,17-18,25H,5-6,13-16,26H2,1-4H3. The largest absolute Gasteiger partial charge is 0.494 e. The van der Waals surface area contributed by atoms with Crippen LogP contribution >= 0.6 is 0 Å². The first kappa shape index (κ1) is 21.4. The van der Waals surface area contributed by atoms with Crippen LogP contribution in [-0.4, -0.2) is 50.6 Å². The van der Waals surface area contributed by atoms with E-state index < -0.39 is 0 Å². The molecule has 1 aliphatic rings. The summed E-state index contributed by atoms with van der Waals surface area (Å²) < 4.78 is 5.89. The predicted molar refractivity (Wildman–Crippen MR) is 123 cm³/mol. The van der Waals surface area contributed by atoms with Crippen LogP contribution in [0.15, 0.2) is 48.5 Å². The number of nitrogens with two attached hydrogens (primary N) is 1. The van der Waals surface area contributed by atoms with Crippen molar-refractivity contribution in [3.05, 3.63) is 65.2 Å². The van der Waals surface area contributed by atoms with Crippen molar-refractivity contribution in [3.63, 3.8) is 0 Å². The van der Waals surface area contributed by atoms with E-state index in [1.807, 2.05) is 6.07 Å². The zero-order chi connectivity index (χ0) is 20.8. The molecule has 29 heavy (non-hydrogen) atoms. The van der Waals surface area contributed by atoms with Crippen LogP contribution in [0.2, 0.25) is 0 Å². The number of benzene rings is 2. The highest BCUT2D eigenvalue weighted by molar-refractivity contribution is 5.76. The van der Waals surface area contributed by atoms with E-state index in [9.17, 15) is 0 Å². The van der Waals surface area contributed by atoms with Gasteiger partial charge in [0.1, 0.15) is 5.75 Å². The number of nitrogens with zero attached hydrogens (tertiary/aromatic N) is 2. The maximum atomic E-state index is 6.32. The molecule has 4 nitrogen and oxygen atoms in total. The summed E-state index contributed by atoms with van der Waals surface area (Å²) in [4.78, 5) is 4.58. The molecule has 0 spiro atoms. The molecule has 2 N–H and O–H groups in total. The van der Waals surface area contributed by atoms with Crippen molar-refractivity contribution in [3.8, 4) is 5.75 Å². The average molecular weight is 394 g/mol. The van der Waals surface area contributed by atoms with Crippen molar-refractivity contribution in [1.82, 2.24) is 9.80 Å². The number of likely N-dealkylation sites (N-methyl/N-ethyl adjacent to an activating group) is 1. The second-order valence-electron chi connectivity index (χ2n) is 8.22. The molecule has 0 saturated heterocycles. The van der Waals surface area contributed by atoms with Gasteiger partial charge in [0.2, 0.25) is 0 Å². The highest BCUT2D eigenvalue weighted by atomic mass is 16.5. The lowest BCUT2D eigenvalue weighted by Crippen LogP contribution is -2.28. The third kappa shape index (κ3) is 5.62. The zero-order valence-corrected chi connectivity index (χ0v) is 18.3. The summed E-state index contributed by atoms with van der Waals surface area (Å²) in [6.45, 7) is 5.00. The van der Waals surface area contributed by atoms with Crippen molar-refractivity contribution in [2.24, 2.45) is 0 Å². The molecule has 0 saturated carbocycles. The lowest BCUT2D eigenvalue weighted by molar-refractivity contribution is 0.278. The van der Waals surface area contributed by atoms with E-state index in [4.69, 9.17) is 10.5 Å². The molecule has 0 bridgehead atoms. The van der Waals surface area contributed by atoms with E-state index in [1.54, 1.807) is 0 Å². The van der Waals surface area contributed by atoms with E-state index in [-0.39, 0.29) is 6.04 Å². The van der Waals surface area contributed by atoms with Crippen molar-refractivity contribution in [2.75, 3.05) is 46.6 Å². The molecule has 2 aromatic rings. The van der Waals surface area contributed by atoms with Crippen molar-refractivity contribution >= 4 is 11.3 Å². The van der Waals surface area contributed by atoms with Gasteiger partial charge in [0, 0.05) is 24.3 Å². The third-order valence-electron chi connectivity index (χ3n) is 5.68. The Morgan fingerprint density at radius 3 is 2.59 bits per heavy atom. The van der Waals surface area contributed by atoms with E-state index in [0.717, 1.165) is 50.4 Å². The lowest BCUT2D eigenvalue weighted by atomic mass is 9.91. The molecule has 1 aliphatic heterocycles. The van der Waals surface area contributed by atoms with Crippen LogP contribution in [0.3, 0.4) is 0 Å². The minimum Gasteiger partial charge on any atom is -0.494 e. The first-order chi connectivity index (χ1) is 14.0. The van der Waals surface area contributed by atoms with Crippen molar-refractivity contribution in [2.45, 2.75) is 32.2 Å². The van der Waals surface area contributed by atoms with Gasteiger partial charge in [-0.25, -0.2) is 0 Å². The van der Waals surface area contributed by atoms with Gasteiger partial charge in [-0.05, 0) is 81.4 Å². The predicted octanol–water partition coefficient (Wildman–Crippen LogP) is 4.62. The van der Waals surface area contributed by atoms with Gasteiger partial charge >= 0.3 is 0 Å². The molecule has 3 rings (SSSR count). The van der Waals surface area contributed by atoms with Crippen LogP contribution in [0.4, 0.5) is 5.69 Å². The fourth-order valence-electron chi connectivity index (χ4n) is 3.85. The van der Waals surface area contributed by atoms with Gasteiger partial charge < -0.3 is 15.4 Å². The van der Waals surface area contributed by atoms with E-state index in [1.165, 1.54) is 22.3 Å². The Hall–Kier alpha value is -2.30. The highest BCUT2D eigenvalue weighted by Gasteiger charge is 2.22. The van der Waals surface area contributed by atoms with Gasteiger partial charge in [-0.3, -0.25) is 4.90 Å². The normalized spacial score (nSPS) is 17.4. The van der Waals surface area contributed by atoms with Gasteiger partial charge in [0.15, 0.2) is 0 Å². The number of nitrogen functional groups attached to an aromatic ring is 1. The zero-order valence-electron chi connectivity index (χ0n) is 18.3. The van der Waals surface area contributed by atoms with E-state index in [0.29, 0.717) is 0 Å². The molecular weight excluding hydrogens is 358 g/mol. The molecule has 0 fully saturated rings. The Morgan fingerprint density at radius 2 is 1.90 bits per heavy atom. The van der Waals surface area contributed by atoms with Gasteiger partial charge in [0.25, 0.3) is 0 Å². The maximum Gasteiger partial charge on any atom is 0.119 e. The number of rotatable bonds is 8. The summed E-state index contributed by atoms with van der Waals surface area (Å²) in [5.74, 6) is 0.940. The minimum absolute atomic E-state index is 0.256. The Labute approximate surface area is 176 Å². The molecule has 2 aromatic carbocycles. The molecule has 1 atom stereocenters. The Morgan fingerprint density at radius 1 is 1.14 bits per heavy atom. The van der Waals surface area contributed by atoms with Crippen LogP contribution in [0, 0.1) is 0 Å². The number of hydrogen-bond acceptors (Lipinski definition) is 4. The van der Waals surface area contributed by atoms with Gasteiger partial charge in [-0.2, -0.15) is 0 Å². The third-order valence-corrected chi connectivity index (χ3v) is 5.68. The first-order valence-electron chi connectivity index (χ1n) is 10.6. The quantitative estimate of drug-likeness (QED) is 0.525. The second-order valence-corrected chi connectivity index (χ2v) is 8.22. The molecule has 0 radical (unpaired) electrons. The summed E-state index contributed by atoms with van der Waals surface area (Å²) in [6, 6.07) is 15.2. The van der Waals surface area contributed by atoms with Gasteiger partial charge in [-0.15, -0.1) is 0 Å². The summed E-state index contributed by atoms with van der Waals surface area (Å²) in [6.07, 6.45) is 5.46. The number of aryl methyl sites for hydroxylation is 1. The van der Waals surface area contributed by atoms with Gasteiger partial charge in [-0.1, -0.05) is 31.2 Å². The summed E-state index contributed by atoms with van der Waals surface area (Å²) in [5, 5.41) is 0. The number of hydrogen-bond donors (Lipinski definition) is 1. The number of ether oxygens (including phenoxy) is 1. The lowest BCUT2D eigenvalue weighted by Gasteiger charge is -2.32. The van der Waals surface area contributed by atoms with Crippen molar-refractivity contribution in [1.29, 1.82) is 0 Å². The molecule has 1 unspecified atom stereocenters. The Kier molecular flexibility index (Phi) is 7.34. The molecule has 1 heterocycles. The molecule has 4 heteroatoms. The maximum absolute atomic E-state index is 6.32. The Bertz CT molecular complexity index is 826. The smallest absolute Gasteiger partial charge is 0.119 e. The van der Waals surface area contributed by atoms with Crippen LogP contribution < -0.4 is 10.5 Å². The summed E-state index contributed by atoms with van der Waals surface area (Å²) >= 11 is 0. The molecule has 0 aliphatic carbocycles. The fraction of sp³-hybridized carbons (Fsp3) is 0.440. The molecule has 156 valence electrons. The fourth-order valence-corrected chi connectivity index (χ4v) is 3.85. The number of anilines is 1. The van der Waals surface area contributed by atoms with Crippen molar-refractivity contribution < 1.29 is 4.74 Å². The molecule has 0 amide bonds. The highest BCUT2D eigenvalue weighted by Crippen LogP contribution is 2.35. The van der Waals surface area contributed by atoms with Crippen LogP contribution in [0.1, 0.15) is 42.5 Å². The molecular formula is C25H35N3O. The molecule has 0 aromatic heterocycles. The summed E-state index contributed by atoms with van der Waals surface area (Å²) in [7, 11) is 6.36.